The maximum atomic E-state index is 12.4. The second-order valence-corrected chi connectivity index (χ2v) is 6.29. The van der Waals surface area contributed by atoms with Crippen LogP contribution in [0.5, 0.6) is 0 Å². The number of anilines is 2. The first-order chi connectivity index (χ1) is 9.98. The Bertz CT molecular complexity index is 697. The average Bonchev–Trinajstić information content (AvgIpc) is 2.44. The quantitative estimate of drug-likeness (QED) is 0.859. The molecule has 0 aromatic heterocycles. The van der Waals surface area contributed by atoms with E-state index < -0.39 is 5.41 Å². The van der Waals surface area contributed by atoms with Crippen LogP contribution >= 0.6 is 11.6 Å². The van der Waals surface area contributed by atoms with Crippen LogP contribution in [-0.4, -0.2) is 5.91 Å². The second-order valence-electron chi connectivity index (χ2n) is 5.85. The summed E-state index contributed by atoms with van der Waals surface area (Å²) in [6, 6.07) is 15.3. The van der Waals surface area contributed by atoms with E-state index in [-0.39, 0.29) is 11.9 Å². The number of amides is 1. The van der Waals surface area contributed by atoms with Crippen molar-refractivity contribution in [2.45, 2.75) is 19.9 Å². The molecule has 4 heteroatoms. The smallest absolute Gasteiger partial charge is 0.232 e. The molecule has 0 aliphatic carbocycles. The van der Waals surface area contributed by atoms with Gasteiger partial charge in [-0.3, -0.25) is 4.79 Å². The predicted molar refractivity (Wildman–Crippen MR) is 86.7 cm³/mol. The van der Waals surface area contributed by atoms with Gasteiger partial charge in [-0.2, -0.15) is 0 Å². The third-order valence-corrected chi connectivity index (χ3v) is 4.20. The fraction of sp³-hybridized carbons (Fsp3) is 0.235. The Morgan fingerprint density at radius 1 is 1.14 bits per heavy atom. The number of halogens is 1. The van der Waals surface area contributed by atoms with E-state index in [2.05, 4.69) is 10.6 Å². The molecule has 0 radical (unpaired) electrons. The van der Waals surface area contributed by atoms with Gasteiger partial charge in [0.2, 0.25) is 5.91 Å². The molecule has 0 spiro atoms. The van der Waals surface area contributed by atoms with Crippen LogP contribution in [0.3, 0.4) is 0 Å². The highest BCUT2D eigenvalue weighted by Crippen LogP contribution is 2.44. The van der Waals surface area contributed by atoms with Gasteiger partial charge in [-0.15, -0.1) is 0 Å². The number of para-hydroxylation sites is 1. The molecule has 3 rings (SSSR count). The summed E-state index contributed by atoms with van der Waals surface area (Å²) in [5.74, 6) is 0.0146. The maximum absolute atomic E-state index is 12.4. The summed E-state index contributed by atoms with van der Waals surface area (Å²) >= 11 is 6.04. The fourth-order valence-corrected chi connectivity index (χ4v) is 2.86. The lowest BCUT2D eigenvalue weighted by molar-refractivity contribution is -0.125. The minimum Gasteiger partial charge on any atom is -0.377 e. The van der Waals surface area contributed by atoms with Crippen LogP contribution in [-0.2, 0) is 4.79 Å². The Kier molecular flexibility index (Phi) is 3.38. The van der Waals surface area contributed by atoms with E-state index in [0.29, 0.717) is 5.02 Å². The summed E-state index contributed by atoms with van der Waals surface area (Å²) in [7, 11) is 0. The minimum atomic E-state index is -0.559. The van der Waals surface area contributed by atoms with Crippen LogP contribution in [0.4, 0.5) is 11.4 Å². The summed E-state index contributed by atoms with van der Waals surface area (Å²) in [6.45, 7) is 3.89. The molecular formula is C17H17ClN2O. The molecule has 1 aliphatic rings. The van der Waals surface area contributed by atoms with E-state index in [1.807, 2.05) is 62.4 Å². The summed E-state index contributed by atoms with van der Waals surface area (Å²) in [4.78, 5) is 12.4. The molecule has 0 fully saturated rings. The van der Waals surface area contributed by atoms with Crippen LogP contribution in [0.2, 0.25) is 5.02 Å². The number of hydrogen-bond donors (Lipinski definition) is 2. The van der Waals surface area contributed by atoms with E-state index in [1.54, 1.807) is 0 Å². The van der Waals surface area contributed by atoms with Gasteiger partial charge < -0.3 is 10.6 Å². The molecule has 1 unspecified atom stereocenters. The van der Waals surface area contributed by atoms with Crippen molar-refractivity contribution in [1.82, 2.24) is 0 Å². The fourth-order valence-electron chi connectivity index (χ4n) is 2.67. The number of hydrogen-bond acceptors (Lipinski definition) is 2. The molecule has 0 saturated carbocycles. The third kappa shape index (κ3) is 2.49. The zero-order valence-electron chi connectivity index (χ0n) is 12.0. The van der Waals surface area contributed by atoms with Crippen molar-refractivity contribution in [3.63, 3.8) is 0 Å². The first-order valence-corrected chi connectivity index (χ1v) is 7.29. The van der Waals surface area contributed by atoms with Crippen molar-refractivity contribution in [3.05, 3.63) is 59.1 Å². The Hall–Kier alpha value is -2.00. The highest BCUT2D eigenvalue weighted by atomic mass is 35.5. The van der Waals surface area contributed by atoms with Crippen LogP contribution in [0.1, 0.15) is 25.5 Å². The molecule has 0 saturated heterocycles. The molecule has 0 bridgehead atoms. The molecule has 21 heavy (non-hydrogen) atoms. The minimum absolute atomic E-state index is 0.0146. The molecule has 108 valence electrons. The first kappa shape index (κ1) is 14.0. The summed E-state index contributed by atoms with van der Waals surface area (Å²) in [5, 5.41) is 7.10. The first-order valence-electron chi connectivity index (χ1n) is 6.91. The zero-order valence-corrected chi connectivity index (χ0v) is 12.7. The lowest BCUT2D eigenvalue weighted by Gasteiger charge is -2.39. The summed E-state index contributed by atoms with van der Waals surface area (Å²) < 4.78 is 0. The summed E-state index contributed by atoms with van der Waals surface area (Å²) in [6.07, 6.45) is 0. The SMILES string of the molecule is CC1(C)C(=O)Nc2ccccc2C1Nc1cccc(Cl)c1. The highest BCUT2D eigenvalue weighted by molar-refractivity contribution is 6.30. The van der Waals surface area contributed by atoms with E-state index >= 15 is 0 Å². The van der Waals surface area contributed by atoms with Gasteiger partial charge in [0, 0.05) is 16.4 Å². The molecule has 2 N–H and O–H groups in total. The number of carbonyl (C=O) groups excluding carboxylic acids is 1. The van der Waals surface area contributed by atoms with Gasteiger partial charge in [0.1, 0.15) is 0 Å². The Morgan fingerprint density at radius 2 is 1.90 bits per heavy atom. The molecular weight excluding hydrogens is 284 g/mol. The Labute approximate surface area is 129 Å². The lowest BCUT2D eigenvalue weighted by Crippen LogP contribution is -2.43. The Balaban J connectivity index is 2.04. The molecule has 1 heterocycles. The van der Waals surface area contributed by atoms with E-state index in [0.717, 1.165) is 16.9 Å². The van der Waals surface area contributed by atoms with Gasteiger partial charge in [-0.25, -0.2) is 0 Å². The Morgan fingerprint density at radius 3 is 2.67 bits per heavy atom. The molecule has 3 nitrogen and oxygen atoms in total. The van der Waals surface area contributed by atoms with Crippen molar-refractivity contribution in [2.24, 2.45) is 5.41 Å². The van der Waals surface area contributed by atoms with E-state index in [1.165, 1.54) is 0 Å². The van der Waals surface area contributed by atoms with Crippen LogP contribution in [0, 0.1) is 5.41 Å². The van der Waals surface area contributed by atoms with Gasteiger partial charge in [0.15, 0.2) is 0 Å². The molecule has 1 amide bonds. The van der Waals surface area contributed by atoms with E-state index in [9.17, 15) is 4.79 Å². The molecule has 2 aromatic rings. The van der Waals surface area contributed by atoms with Crippen LogP contribution in [0.25, 0.3) is 0 Å². The molecule has 2 aromatic carbocycles. The molecule has 1 aliphatic heterocycles. The topological polar surface area (TPSA) is 41.1 Å². The normalized spacial score (nSPS) is 19.6. The summed E-state index contributed by atoms with van der Waals surface area (Å²) in [5.41, 5.74) is 2.30. The van der Waals surface area contributed by atoms with Crippen molar-refractivity contribution in [3.8, 4) is 0 Å². The van der Waals surface area contributed by atoms with Gasteiger partial charge in [0.25, 0.3) is 0 Å². The second kappa shape index (κ2) is 5.08. The van der Waals surface area contributed by atoms with Crippen molar-refractivity contribution in [1.29, 1.82) is 0 Å². The van der Waals surface area contributed by atoms with Gasteiger partial charge in [-0.1, -0.05) is 35.9 Å². The number of carbonyl (C=O) groups is 1. The zero-order chi connectivity index (χ0) is 15.0. The molecule has 1 atom stereocenters. The highest BCUT2D eigenvalue weighted by Gasteiger charge is 2.42. The maximum Gasteiger partial charge on any atom is 0.232 e. The monoisotopic (exact) mass is 300 g/mol. The number of nitrogens with one attached hydrogen (secondary N) is 2. The van der Waals surface area contributed by atoms with Crippen LogP contribution < -0.4 is 10.6 Å². The van der Waals surface area contributed by atoms with Crippen molar-refractivity contribution >= 4 is 28.9 Å². The van der Waals surface area contributed by atoms with Crippen LogP contribution in [0.15, 0.2) is 48.5 Å². The number of rotatable bonds is 2. The van der Waals surface area contributed by atoms with Crippen molar-refractivity contribution in [2.75, 3.05) is 10.6 Å². The van der Waals surface area contributed by atoms with Crippen molar-refractivity contribution < 1.29 is 4.79 Å². The van der Waals surface area contributed by atoms with E-state index in [4.69, 9.17) is 11.6 Å². The number of fused-ring (bicyclic) bond motifs is 1. The standard InChI is InChI=1S/C17H17ClN2O/c1-17(2)15(19-12-7-5-6-11(18)10-12)13-8-3-4-9-14(13)20-16(17)21/h3-10,15,19H,1-2H3,(H,20,21). The average molecular weight is 301 g/mol. The van der Waals surface area contributed by atoms with Gasteiger partial charge in [0.05, 0.1) is 11.5 Å². The lowest BCUT2D eigenvalue weighted by atomic mass is 9.76. The number of benzene rings is 2. The largest absolute Gasteiger partial charge is 0.377 e. The van der Waals surface area contributed by atoms with Gasteiger partial charge >= 0.3 is 0 Å². The third-order valence-electron chi connectivity index (χ3n) is 3.96. The van der Waals surface area contributed by atoms with Gasteiger partial charge in [-0.05, 0) is 43.7 Å². The predicted octanol–water partition coefficient (Wildman–Crippen LogP) is 4.47.